The van der Waals surface area contributed by atoms with Gasteiger partial charge in [0.2, 0.25) is 6.41 Å². The minimum atomic E-state index is -0.500. The van der Waals surface area contributed by atoms with Crippen molar-refractivity contribution >= 4 is 12.2 Å². The van der Waals surface area contributed by atoms with E-state index in [1.807, 2.05) is 18.2 Å². The topological polar surface area (TPSA) is 95.6 Å². The van der Waals surface area contributed by atoms with Crippen molar-refractivity contribution in [1.29, 1.82) is 0 Å². The molecule has 9 heteroatoms. The van der Waals surface area contributed by atoms with Gasteiger partial charge in [0.15, 0.2) is 0 Å². The van der Waals surface area contributed by atoms with Gasteiger partial charge in [0.05, 0.1) is 23.8 Å². The van der Waals surface area contributed by atoms with Crippen LogP contribution in [0.1, 0.15) is 11.1 Å². The van der Waals surface area contributed by atoms with Gasteiger partial charge >= 0.3 is 0 Å². The Labute approximate surface area is 182 Å². The molecule has 4 aromatic rings. The number of amides is 1. The van der Waals surface area contributed by atoms with Crippen LogP contribution in [0.5, 0.6) is 0 Å². The van der Waals surface area contributed by atoms with Crippen molar-refractivity contribution in [1.82, 2.24) is 25.5 Å². The van der Waals surface area contributed by atoms with Gasteiger partial charge in [0, 0.05) is 36.0 Å². The number of nitrogens with zero attached hydrogens (tertiary/aromatic N) is 3. The van der Waals surface area contributed by atoms with Crippen molar-refractivity contribution in [3.63, 3.8) is 0 Å². The second-order valence-electron chi connectivity index (χ2n) is 7.05. The molecule has 0 atom stereocenters. The predicted molar refractivity (Wildman–Crippen MR) is 117 cm³/mol. The van der Waals surface area contributed by atoms with Gasteiger partial charge in [0.1, 0.15) is 17.5 Å². The molecule has 0 saturated heterocycles. The van der Waals surface area contributed by atoms with Gasteiger partial charge in [-0.3, -0.25) is 14.9 Å². The molecule has 4 rings (SSSR count). The maximum atomic E-state index is 13.8. The lowest BCUT2D eigenvalue weighted by molar-refractivity contribution is -0.109. The molecule has 162 valence electrons. The third kappa shape index (κ3) is 4.94. The summed E-state index contributed by atoms with van der Waals surface area (Å²) >= 11 is 0. The molecule has 0 aliphatic carbocycles. The molecule has 3 heterocycles. The maximum Gasteiger partial charge on any atom is 0.207 e. The van der Waals surface area contributed by atoms with E-state index in [2.05, 4.69) is 25.8 Å². The number of rotatable bonds is 9. The molecule has 0 bridgehead atoms. The van der Waals surface area contributed by atoms with E-state index in [1.165, 1.54) is 18.2 Å². The number of aromatic nitrogens is 4. The number of nitrogens with one attached hydrogen (secondary N) is 3. The zero-order valence-corrected chi connectivity index (χ0v) is 17.0. The van der Waals surface area contributed by atoms with E-state index >= 15 is 0 Å². The number of anilines is 1. The zero-order valence-electron chi connectivity index (χ0n) is 17.0. The summed E-state index contributed by atoms with van der Waals surface area (Å²) in [4.78, 5) is 19.7. The highest BCUT2D eigenvalue weighted by Gasteiger charge is 2.15. The highest BCUT2D eigenvalue weighted by Crippen LogP contribution is 2.31. The molecule has 0 spiro atoms. The molecular formula is C23H20F2N6O. The zero-order chi connectivity index (χ0) is 22.3. The van der Waals surface area contributed by atoms with Gasteiger partial charge in [-0.25, -0.2) is 13.8 Å². The summed E-state index contributed by atoms with van der Waals surface area (Å²) in [5.74, 6) is -0.252. The van der Waals surface area contributed by atoms with Gasteiger partial charge in [0.25, 0.3) is 0 Å². The Morgan fingerprint density at radius 1 is 1.06 bits per heavy atom. The molecule has 3 aromatic heterocycles. The first-order valence-corrected chi connectivity index (χ1v) is 9.94. The number of hydrogen-bond donors (Lipinski definition) is 3. The normalized spacial score (nSPS) is 10.7. The minimum absolute atomic E-state index is 0.121. The average Bonchev–Trinajstić information content (AvgIpc) is 3.33. The highest BCUT2D eigenvalue weighted by atomic mass is 19.1. The lowest BCUT2D eigenvalue weighted by Crippen LogP contribution is -2.13. The lowest BCUT2D eigenvalue weighted by atomic mass is 10.0. The van der Waals surface area contributed by atoms with Crippen LogP contribution in [0.4, 0.5) is 14.6 Å². The largest absolute Gasteiger partial charge is 0.369 e. The fourth-order valence-corrected chi connectivity index (χ4v) is 3.36. The van der Waals surface area contributed by atoms with Crippen LogP contribution in [0.25, 0.3) is 22.5 Å². The van der Waals surface area contributed by atoms with Crippen molar-refractivity contribution in [3.05, 3.63) is 83.8 Å². The molecule has 3 N–H and O–H groups in total. The first-order valence-electron chi connectivity index (χ1n) is 9.94. The summed E-state index contributed by atoms with van der Waals surface area (Å²) in [7, 11) is 0. The number of carbonyl (C=O) groups excluding carboxylic acids is 1. The van der Waals surface area contributed by atoms with Crippen molar-refractivity contribution in [3.8, 4) is 22.5 Å². The van der Waals surface area contributed by atoms with E-state index in [9.17, 15) is 13.6 Å². The molecule has 0 aliphatic heterocycles. The van der Waals surface area contributed by atoms with Crippen LogP contribution in [0.15, 0.2) is 61.1 Å². The van der Waals surface area contributed by atoms with Crippen LogP contribution >= 0.6 is 0 Å². The molecule has 0 radical (unpaired) electrons. The minimum Gasteiger partial charge on any atom is -0.369 e. The second kappa shape index (κ2) is 9.78. The van der Waals surface area contributed by atoms with Gasteiger partial charge in [-0.1, -0.05) is 12.1 Å². The fourth-order valence-electron chi connectivity index (χ4n) is 3.36. The SMILES string of the molecule is O=CNCc1cc(F)cnc1-c1ccc(-c2cn[nH]c2)nc1NCCc1cccc(F)c1. The van der Waals surface area contributed by atoms with Crippen LogP contribution in [0.3, 0.4) is 0 Å². The van der Waals surface area contributed by atoms with Gasteiger partial charge < -0.3 is 10.6 Å². The van der Waals surface area contributed by atoms with Gasteiger partial charge in [-0.15, -0.1) is 0 Å². The molecule has 1 amide bonds. The van der Waals surface area contributed by atoms with Crippen LogP contribution in [-0.2, 0) is 17.8 Å². The van der Waals surface area contributed by atoms with E-state index in [0.717, 1.165) is 17.3 Å². The Balaban J connectivity index is 1.68. The maximum absolute atomic E-state index is 13.8. The number of hydrogen-bond acceptors (Lipinski definition) is 5. The summed E-state index contributed by atoms with van der Waals surface area (Å²) in [6, 6.07) is 11.4. The first-order chi connectivity index (χ1) is 15.6. The number of carbonyl (C=O) groups is 1. The van der Waals surface area contributed by atoms with Gasteiger partial charge in [-0.05, 0) is 42.3 Å². The van der Waals surface area contributed by atoms with Crippen LogP contribution in [-0.4, -0.2) is 33.1 Å². The van der Waals surface area contributed by atoms with Crippen molar-refractivity contribution < 1.29 is 13.6 Å². The molecule has 32 heavy (non-hydrogen) atoms. The van der Waals surface area contributed by atoms with E-state index in [0.29, 0.717) is 47.7 Å². The molecule has 0 unspecified atom stereocenters. The average molecular weight is 434 g/mol. The molecule has 0 saturated carbocycles. The Morgan fingerprint density at radius 3 is 2.75 bits per heavy atom. The van der Waals surface area contributed by atoms with Crippen LogP contribution in [0.2, 0.25) is 0 Å². The summed E-state index contributed by atoms with van der Waals surface area (Å²) in [5, 5.41) is 12.6. The number of aromatic amines is 1. The monoisotopic (exact) mass is 434 g/mol. The molecule has 0 aliphatic rings. The Hall–Kier alpha value is -4.14. The van der Waals surface area contributed by atoms with E-state index < -0.39 is 5.82 Å². The number of pyridine rings is 2. The van der Waals surface area contributed by atoms with E-state index in [-0.39, 0.29) is 12.4 Å². The molecule has 1 aromatic carbocycles. The molecular weight excluding hydrogens is 414 g/mol. The standard InChI is InChI=1S/C23H20F2N6O/c24-18-3-1-2-15(8-18)6-7-27-23-20(4-5-21(31-23)17-11-29-30-12-17)22-16(10-26-14-32)9-19(25)13-28-22/h1-5,8-9,11-14H,6-7,10H2,(H,26,32)(H,27,31)(H,29,30). The summed E-state index contributed by atoms with van der Waals surface area (Å²) in [5.41, 5.74) is 4.01. The number of benzene rings is 1. The fraction of sp³-hybridized carbons (Fsp3) is 0.130. The van der Waals surface area contributed by atoms with Crippen molar-refractivity contribution in [2.75, 3.05) is 11.9 Å². The second-order valence-corrected chi connectivity index (χ2v) is 7.05. The quantitative estimate of drug-likeness (QED) is 0.349. The number of H-pyrrole nitrogens is 1. The highest BCUT2D eigenvalue weighted by molar-refractivity contribution is 5.77. The van der Waals surface area contributed by atoms with Crippen molar-refractivity contribution in [2.24, 2.45) is 0 Å². The van der Waals surface area contributed by atoms with E-state index in [1.54, 1.807) is 18.5 Å². The van der Waals surface area contributed by atoms with Crippen LogP contribution in [0, 0.1) is 11.6 Å². The Kier molecular flexibility index (Phi) is 6.45. The smallest absolute Gasteiger partial charge is 0.207 e. The Bertz CT molecular complexity index is 1210. The molecule has 0 fully saturated rings. The van der Waals surface area contributed by atoms with E-state index in [4.69, 9.17) is 4.98 Å². The van der Waals surface area contributed by atoms with Crippen LogP contribution < -0.4 is 10.6 Å². The summed E-state index contributed by atoms with van der Waals surface area (Å²) in [6.07, 6.45) is 5.64. The predicted octanol–water partition coefficient (Wildman–Crippen LogP) is 3.71. The molecule has 7 nitrogen and oxygen atoms in total. The third-order valence-electron chi connectivity index (χ3n) is 4.85. The Morgan fingerprint density at radius 2 is 1.97 bits per heavy atom. The first kappa shape index (κ1) is 21.1. The number of halogens is 2. The van der Waals surface area contributed by atoms with Gasteiger partial charge in [-0.2, -0.15) is 5.10 Å². The summed E-state index contributed by atoms with van der Waals surface area (Å²) < 4.78 is 27.3. The third-order valence-corrected chi connectivity index (χ3v) is 4.85. The lowest BCUT2D eigenvalue weighted by Gasteiger charge is -2.15. The summed E-state index contributed by atoms with van der Waals surface area (Å²) in [6.45, 7) is 0.608. The van der Waals surface area contributed by atoms with Crippen molar-refractivity contribution in [2.45, 2.75) is 13.0 Å².